The van der Waals surface area contributed by atoms with Crippen molar-refractivity contribution in [3.05, 3.63) is 60.4 Å². The van der Waals surface area contributed by atoms with E-state index < -0.39 is 0 Å². The van der Waals surface area contributed by atoms with Crippen molar-refractivity contribution in [2.45, 2.75) is 45.1 Å². The van der Waals surface area contributed by atoms with E-state index >= 15 is 0 Å². The predicted molar refractivity (Wildman–Crippen MR) is 127 cm³/mol. The SMILES string of the molecule is CC(=O)N1CC2(CCN(C(C)C)CC2)c2cc(Nc3ncn(-c4ccccc4)n3)ccc21. The summed E-state index contributed by atoms with van der Waals surface area (Å²) >= 11 is 0. The molecule has 2 aliphatic rings. The molecule has 1 saturated heterocycles. The number of aromatic nitrogens is 3. The van der Waals surface area contributed by atoms with Crippen LogP contribution in [0.15, 0.2) is 54.9 Å². The smallest absolute Gasteiger partial charge is 0.246 e. The second-order valence-electron chi connectivity index (χ2n) is 9.22. The molecule has 7 heteroatoms. The molecule has 0 bridgehead atoms. The molecule has 3 heterocycles. The summed E-state index contributed by atoms with van der Waals surface area (Å²) in [7, 11) is 0. The van der Waals surface area contributed by atoms with E-state index in [2.05, 4.69) is 46.3 Å². The highest BCUT2D eigenvalue weighted by Gasteiger charge is 2.46. The number of carbonyl (C=O) groups excluding carboxylic acids is 1. The third kappa shape index (κ3) is 3.66. The highest BCUT2D eigenvalue weighted by molar-refractivity contribution is 5.95. The van der Waals surface area contributed by atoms with E-state index in [9.17, 15) is 4.79 Å². The van der Waals surface area contributed by atoms with E-state index in [1.165, 1.54) is 5.56 Å². The first-order valence-electron chi connectivity index (χ1n) is 11.4. The third-order valence-corrected chi connectivity index (χ3v) is 6.95. The summed E-state index contributed by atoms with van der Waals surface area (Å²) in [6, 6.07) is 16.8. The number of nitrogens with zero attached hydrogens (tertiary/aromatic N) is 5. The lowest BCUT2D eigenvalue weighted by atomic mass is 9.74. The molecule has 5 rings (SSSR count). The fourth-order valence-corrected chi connectivity index (χ4v) is 5.08. The van der Waals surface area contributed by atoms with E-state index in [0.29, 0.717) is 12.0 Å². The average molecular weight is 431 g/mol. The summed E-state index contributed by atoms with van der Waals surface area (Å²) in [5.41, 5.74) is 4.24. The van der Waals surface area contributed by atoms with E-state index in [0.717, 1.165) is 49.5 Å². The Kier molecular flexibility index (Phi) is 5.21. The Hall–Kier alpha value is -3.19. The summed E-state index contributed by atoms with van der Waals surface area (Å²) in [5.74, 6) is 0.664. The molecule has 0 aliphatic carbocycles. The molecular weight excluding hydrogens is 400 g/mol. The number of amides is 1. The van der Waals surface area contributed by atoms with E-state index in [1.54, 1.807) is 17.9 Å². The summed E-state index contributed by atoms with van der Waals surface area (Å²) < 4.78 is 1.76. The van der Waals surface area contributed by atoms with Crippen molar-refractivity contribution < 1.29 is 4.79 Å². The quantitative estimate of drug-likeness (QED) is 0.675. The topological polar surface area (TPSA) is 66.3 Å². The van der Waals surface area contributed by atoms with Crippen LogP contribution in [0, 0.1) is 0 Å². The number of anilines is 3. The lowest BCUT2D eigenvalue weighted by molar-refractivity contribution is -0.116. The maximum atomic E-state index is 12.4. The molecule has 1 amide bonds. The molecule has 1 aromatic heterocycles. The van der Waals surface area contributed by atoms with E-state index in [4.69, 9.17) is 0 Å². The van der Waals surface area contributed by atoms with Crippen LogP contribution in [-0.2, 0) is 10.2 Å². The number of hydrogen-bond acceptors (Lipinski definition) is 5. The number of hydrogen-bond donors (Lipinski definition) is 1. The number of likely N-dealkylation sites (tertiary alicyclic amines) is 1. The first-order chi connectivity index (χ1) is 15.4. The van der Waals surface area contributed by atoms with Gasteiger partial charge in [0.05, 0.1) is 5.69 Å². The van der Waals surface area contributed by atoms with Gasteiger partial charge in [-0.25, -0.2) is 4.68 Å². The average Bonchev–Trinajstić information content (AvgIpc) is 3.38. The van der Waals surface area contributed by atoms with Crippen molar-refractivity contribution >= 4 is 23.2 Å². The first-order valence-corrected chi connectivity index (χ1v) is 11.4. The molecule has 1 fully saturated rings. The molecule has 1 N–H and O–H groups in total. The van der Waals surface area contributed by atoms with Gasteiger partial charge < -0.3 is 15.1 Å². The third-order valence-electron chi connectivity index (χ3n) is 6.95. The number of para-hydroxylation sites is 1. The normalized spacial score (nSPS) is 17.7. The molecule has 166 valence electrons. The number of nitrogens with one attached hydrogen (secondary N) is 1. The second-order valence-corrected chi connectivity index (χ2v) is 9.22. The molecule has 0 atom stereocenters. The molecule has 0 saturated carbocycles. The fraction of sp³-hybridized carbons (Fsp3) is 0.400. The molecule has 2 aromatic carbocycles. The lowest BCUT2D eigenvalue weighted by Gasteiger charge is -2.41. The molecule has 7 nitrogen and oxygen atoms in total. The van der Waals surface area contributed by atoms with Gasteiger partial charge in [0.25, 0.3) is 0 Å². The van der Waals surface area contributed by atoms with Gasteiger partial charge in [0.15, 0.2) is 0 Å². The van der Waals surface area contributed by atoms with Crippen LogP contribution in [0.1, 0.15) is 39.2 Å². The monoisotopic (exact) mass is 430 g/mol. The second kappa shape index (κ2) is 8.06. The van der Waals surface area contributed by atoms with E-state index in [1.807, 2.05) is 41.3 Å². The zero-order chi connectivity index (χ0) is 22.3. The Labute approximate surface area is 189 Å². The number of fused-ring (bicyclic) bond motifs is 2. The number of carbonyl (C=O) groups is 1. The van der Waals surface area contributed by atoms with Gasteiger partial charge in [0, 0.05) is 36.3 Å². The lowest BCUT2D eigenvalue weighted by Crippen LogP contribution is -2.47. The maximum absolute atomic E-state index is 12.4. The van der Waals surface area contributed by atoms with Gasteiger partial charge in [0.2, 0.25) is 11.9 Å². The standard InChI is InChI=1S/C25H30N6O/c1-18(2)29-13-11-25(12-14-29)16-30(19(3)32)23-10-9-20(15-22(23)25)27-24-26-17-31(28-24)21-7-5-4-6-8-21/h4-10,15,17-18H,11-14,16H2,1-3H3,(H,27,28). The summed E-state index contributed by atoms with van der Waals surface area (Å²) in [5, 5.41) is 7.93. The van der Waals surface area contributed by atoms with Crippen LogP contribution in [0.5, 0.6) is 0 Å². The van der Waals surface area contributed by atoms with Gasteiger partial charge in [-0.05, 0) is 75.7 Å². The van der Waals surface area contributed by atoms with Gasteiger partial charge in [-0.3, -0.25) is 4.79 Å². The van der Waals surface area contributed by atoms with Crippen molar-refractivity contribution in [3.63, 3.8) is 0 Å². The van der Waals surface area contributed by atoms with Crippen LogP contribution in [0.3, 0.4) is 0 Å². The zero-order valence-corrected chi connectivity index (χ0v) is 19.0. The zero-order valence-electron chi connectivity index (χ0n) is 19.0. The summed E-state index contributed by atoms with van der Waals surface area (Å²) in [4.78, 5) is 21.3. The van der Waals surface area contributed by atoms with Crippen LogP contribution in [-0.4, -0.2) is 51.2 Å². The largest absolute Gasteiger partial charge is 0.323 e. The van der Waals surface area contributed by atoms with Gasteiger partial charge in [-0.15, -0.1) is 5.10 Å². The summed E-state index contributed by atoms with van der Waals surface area (Å²) in [6.07, 6.45) is 3.84. The van der Waals surface area contributed by atoms with E-state index in [-0.39, 0.29) is 11.3 Å². The minimum Gasteiger partial charge on any atom is -0.323 e. The van der Waals surface area contributed by atoms with Gasteiger partial charge >= 0.3 is 0 Å². The summed E-state index contributed by atoms with van der Waals surface area (Å²) in [6.45, 7) is 9.07. The van der Waals surface area contributed by atoms with Crippen molar-refractivity contribution in [3.8, 4) is 5.69 Å². The van der Waals surface area contributed by atoms with Crippen molar-refractivity contribution in [1.29, 1.82) is 0 Å². The molecule has 32 heavy (non-hydrogen) atoms. The van der Waals surface area contributed by atoms with Crippen molar-refractivity contribution in [1.82, 2.24) is 19.7 Å². The van der Waals surface area contributed by atoms with Crippen molar-refractivity contribution in [2.24, 2.45) is 0 Å². The van der Waals surface area contributed by atoms with Gasteiger partial charge in [-0.1, -0.05) is 18.2 Å². The van der Waals surface area contributed by atoms with Crippen molar-refractivity contribution in [2.75, 3.05) is 29.9 Å². The Balaban J connectivity index is 1.42. The first kappa shape index (κ1) is 20.7. The van der Waals surface area contributed by atoms with Crippen LogP contribution >= 0.6 is 0 Å². The predicted octanol–water partition coefficient (Wildman–Crippen LogP) is 4.12. The number of piperidine rings is 1. The molecule has 0 unspecified atom stereocenters. The van der Waals surface area contributed by atoms with Gasteiger partial charge in [-0.2, -0.15) is 4.98 Å². The maximum Gasteiger partial charge on any atom is 0.246 e. The fourth-order valence-electron chi connectivity index (χ4n) is 5.08. The van der Waals surface area contributed by atoms with Crippen LogP contribution < -0.4 is 10.2 Å². The Morgan fingerprint density at radius 2 is 1.84 bits per heavy atom. The molecule has 2 aliphatic heterocycles. The number of rotatable bonds is 4. The van der Waals surface area contributed by atoms with Gasteiger partial charge in [0.1, 0.15) is 6.33 Å². The van der Waals surface area contributed by atoms with Crippen LogP contribution in [0.2, 0.25) is 0 Å². The van der Waals surface area contributed by atoms with Crippen LogP contribution in [0.25, 0.3) is 5.69 Å². The van der Waals surface area contributed by atoms with Crippen LogP contribution in [0.4, 0.5) is 17.3 Å². The highest BCUT2D eigenvalue weighted by Crippen LogP contribution is 2.48. The Morgan fingerprint density at radius 3 is 2.53 bits per heavy atom. The Morgan fingerprint density at radius 1 is 1.09 bits per heavy atom. The Bertz CT molecular complexity index is 1110. The highest BCUT2D eigenvalue weighted by atomic mass is 16.2. The number of benzene rings is 2. The minimum absolute atomic E-state index is 0.0148. The minimum atomic E-state index is 0.0148. The molecule has 1 spiro atoms. The molecule has 0 radical (unpaired) electrons. The molecular formula is C25H30N6O. The molecule has 3 aromatic rings.